The zero-order chi connectivity index (χ0) is 25.4. The zero-order valence-corrected chi connectivity index (χ0v) is 21.4. The van der Waals surface area contributed by atoms with E-state index >= 15 is 0 Å². The quantitative estimate of drug-likeness (QED) is 0.0959. The normalized spacial score (nSPS) is 14.6. The van der Waals surface area contributed by atoms with Crippen molar-refractivity contribution in [3.63, 3.8) is 0 Å². The van der Waals surface area contributed by atoms with Crippen molar-refractivity contribution in [2.24, 2.45) is 5.10 Å². The molecule has 180 valence electrons. The molecule has 0 aromatic heterocycles. The molecule has 35 heavy (non-hydrogen) atoms. The van der Waals surface area contributed by atoms with Crippen LogP contribution in [0.1, 0.15) is 18.1 Å². The Hall–Kier alpha value is -2.80. The molecule has 0 bridgehead atoms. The second kappa shape index (κ2) is 10.1. The number of amides is 1. The summed E-state index contributed by atoms with van der Waals surface area (Å²) in [6.45, 7) is 1.61. The number of rotatable bonds is 5. The van der Waals surface area contributed by atoms with Crippen molar-refractivity contribution in [1.29, 1.82) is 0 Å². The van der Waals surface area contributed by atoms with Crippen molar-refractivity contribution < 1.29 is 31.5 Å². The first kappa shape index (κ1) is 25.3. The van der Waals surface area contributed by atoms with E-state index in [0.29, 0.717) is 19.4 Å². The molecular weight excluding hydrogens is 650 g/mol. The molecule has 0 atom stereocenters. The van der Waals surface area contributed by atoms with Crippen molar-refractivity contribution in [1.82, 2.24) is 0 Å². The summed E-state index contributed by atoms with van der Waals surface area (Å²) in [7, 11) is 0. The smallest absolute Gasteiger partial charge is 0.280 e. The highest BCUT2D eigenvalue weighted by atomic mass is 127. The molecule has 0 saturated carbocycles. The van der Waals surface area contributed by atoms with E-state index in [1.807, 2.05) is 30.3 Å². The Morgan fingerprint density at radius 1 is 1.00 bits per heavy atom. The largest absolute Gasteiger partial charge is 0.487 e. The van der Waals surface area contributed by atoms with Gasteiger partial charge in [0.25, 0.3) is 5.91 Å². The van der Waals surface area contributed by atoms with Crippen LogP contribution in [0.2, 0.25) is 0 Å². The molecule has 3 aromatic carbocycles. The molecule has 3 aromatic rings. The maximum Gasteiger partial charge on any atom is 0.280 e. The van der Waals surface area contributed by atoms with E-state index in [4.69, 9.17) is 4.74 Å². The molecule has 11 heteroatoms. The number of halogens is 7. The molecule has 1 amide bonds. The fourth-order valence-corrected chi connectivity index (χ4v) is 5.05. The van der Waals surface area contributed by atoms with Crippen molar-refractivity contribution in [3.8, 4) is 5.75 Å². The molecule has 0 N–H and O–H groups in total. The first-order valence-corrected chi connectivity index (χ1v) is 11.8. The van der Waals surface area contributed by atoms with E-state index in [1.165, 1.54) is 13.0 Å². The molecule has 0 aliphatic carbocycles. The number of nitrogens with zero attached hydrogens (tertiary/aromatic N) is 2. The first-order valence-electron chi connectivity index (χ1n) is 9.89. The van der Waals surface area contributed by atoms with E-state index in [1.54, 1.807) is 12.1 Å². The summed E-state index contributed by atoms with van der Waals surface area (Å²) in [6.07, 6.45) is 1.39. The van der Waals surface area contributed by atoms with Gasteiger partial charge in [0.15, 0.2) is 23.3 Å². The lowest BCUT2D eigenvalue weighted by Gasteiger charge is -2.15. The number of carbonyl (C=O) groups excluding carboxylic acids is 1. The third-order valence-corrected chi connectivity index (χ3v) is 6.28. The maximum absolute atomic E-state index is 14.3. The summed E-state index contributed by atoms with van der Waals surface area (Å²) in [5.41, 5.74) is -0.192. The van der Waals surface area contributed by atoms with Gasteiger partial charge in [0, 0.05) is 10.0 Å². The summed E-state index contributed by atoms with van der Waals surface area (Å²) in [4.78, 5) is 13.0. The van der Waals surface area contributed by atoms with Gasteiger partial charge in [-0.25, -0.2) is 22.0 Å². The standard InChI is InChI=1S/C24H13BrF5IN2O2/c1-11-15(24(34)33(32-11)22-20(29)18(27)17(26)19(28)21(22)30)8-13-7-14(25)9-16(31)23(13)35-10-12-5-3-2-4-6-12/h2-9H,10H2,1H3/b15-8-. The minimum absolute atomic E-state index is 0.0166. The van der Waals surface area contributed by atoms with Gasteiger partial charge in [-0.1, -0.05) is 46.3 Å². The number of hydrogen-bond acceptors (Lipinski definition) is 3. The van der Waals surface area contributed by atoms with Gasteiger partial charge in [-0.3, -0.25) is 4.79 Å². The van der Waals surface area contributed by atoms with Crippen molar-refractivity contribution in [2.45, 2.75) is 13.5 Å². The fourth-order valence-electron chi connectivity index (χ4n) is 3.34. The molecule has 1 aliphatic rings. The van der Waals surface area contributed by atoms with Crippen LogP contribution in [0.5, 0.6) is 5.75 Å². The van der Waals surface area contributed by atoms with Gasteiger partial charge in [0.05, 0.1) is 14.9 Å². The summed E-state index contributed by atoms with van der Waals surface area (Å²) >= 11 is 5.44. The Morgan fingerprint density at radius 3 is 2.23 bits per heavy atom. The van der Waals surface area contributed by atoms with E-state index in [0.717, 1.165) is 5.56 Å². The molecule has 0 saturated heterocycles. The summed E-state index contributed by atoms with van der Waals surface area (Å²) in [5.74, 6) is -11.6. The van der Waals surface area contributed by atoms with Crippen molar-refractivity contribution in [2.75, 3.05) is 5.01 Å². The molecule has 1 aliphatic heterocycles. The van der Waals surface area contributed by atoms with Crippen LogP contribution in [0, 0.1) is 32.7 Å². The van der Waals surface area contributed by atoms with Crippen LogP contribution in [0.15, 0.2) is 57.6 Å². The Morgan fingerprint density at radius 2 is 1.60 bits per heavy atom. The molecule has 4 rings (SSSR count). The molecule has 4 nitrogen and oxygen atoms in total. The van der Waals surface area contributed by atoms with Gasteiger partial charge in [-0.15, -0.1) is 0 Å². The van der Waals surface area contributed by atoms with Crippen molar-refractivity contribution >= 4 is 61.9 Å². The zero-order valence-electron chi connectivity index (χ0n) is 17.7. The van der Waals surface area contributed by atoms with Gasteiger partial charge in [0.2, 0.25) is 5.82 Å². The fraction of sp³-hybridized carbons (Fsp3) is 0.0833. The van der Waals surface area contributed by atoms with Crippen LogP contribution < -0.4 is 9.75 Å². The lowest BCUT2D eigenvalue weighted by atomic mass is 10.1. The minimum Gasteiger partial charge on any atom is -0.487 e. The van der Waals surface area contributed by atoms with Gasteiger partial charge in [-0.05, 0) is 53.3 Å². The predicted molar refractivity (Wildman–Crippen MR) is 132 cm³/mol. The molecular formula is C24H13BrF5IN2O2. The molecule has 0 spiro atoms. The highest BCUT2D eigenvalue weighted by Gasteiger charge is 2.37. The topological polar surface area (TPSA) is 41.9 Å². The van der Waals surface area contributed by atoms with Crippen molar-refractivity contribution in [3.05, 3.63) is 96.3 Å². The Labute approximate surface area is 218 Å². The highest BCUT2D eigenvalue weighted by Crippen LogP contribution is 2.36. The Bertz CT molecular complexity index is 1380. The SMILES string of the molecule is CC1=NN(c2c(F)c(F)c(F)c(F)c2F)C(=O)/C1=C\c1cc(Br)cc(I)c1OCc1ccccc1. The number of hydrogen-bond donors (Lipinski definition) is 0. The molecule has 0 fully saturated rings. The van der Waals surface area contributed by atoms with E-state index in [9.17, 15) is 26.7 Å². The van der Waals surface area contributed by atoms with E-state index < -0.39 is 40.7 Å². The van der Waals surface area contributed by atoms with E-state index in [2.05, 4.69) is 43.6 Å². The third-order valence-electron chi connectivity index (χ3n) is 5.02. The van der Waals surface area contributed by atoms with Gasteiger partial charge in [-0.2, -0.15) is 10.1 Å². The molecule has 0 unspecified atom stereocenters. The second-order valence-electron chi connectivity index (χ2n) is 7.36. The average molecular weight is 663 g/mol. The predicted octanol–water partition coefficient (Wildman–Crippen LogP) is 7.13. The number of hydrazone groups is 1. The van der Waals surface area contributed by atoms with Crippen LogP contribution in [0.3, 0.4) is 0 Å². The summed E-state index contributed by atoms with van der Waals surface area (Å²) in [6, 6.07) is 12.8. The average Bonchev–Trinajstić information content (AvgIpc) is 3.09. The Balaban J connectivity index is 1.74. The maximum atomic E-state index is 14.3. The number of carbonyl (C=O) groups is 1. The summed E-state index contributed by atoms with van der Waals surface area (Å²) in [5, 5.41) is 3.93. The number of anilines is 1. The van der Waals surface area contributed by atoms with Crippen LogP contribution in [0.4, 0.5) is 27.6 Å². The van der Waals surface area contributed by atoms with Gasteiger partial charge >= 0.3 is 0 Å². The lowest BCUT2D eigenvalue weighted by molar-refractivity contribution is -0.114. The first-order chi connectivity index (χ1) is 16.6. The number of ether oxygens (including phenoxy) is 1. The monoisotopic (exact) mass is 662 g/mol. The third kappa shape index (κ3) is 4.83. The van der Waals surface area contributed by atoms with Crippen LogP contribution in [-0.4, -0.2) is 11.6 Å². The van der Waals surface area contributed by atoms with Gasteiger partial charge < -0.3 is 4.74 Å². The highest BCUT2D eigenvalue weighted by molar-refractivity contribution is 14.1. The summed E-state index contributed by atoms with van der Waals surface area (Å²) < 4.78 is 76.8. The molecule has 0 radical (unpaired) electrons. The van der Waals surface area contributed by atoms with E-state index in [-0.39, 0.29) is 22.9 Å². The van der Waals surface area contributed by atoms with Crippen LogP contribution in [0.25, 0.3) is 6.08 Å². The molecule has 1 heterocycles. The van der Waals surface area contributed by atoms with Gasteiger partial charge in [0.1, 0.15) is 18.0 Å². The second-order valence-corrected chi connectivity index (χ2v) is 9.44. The number of benzene rings is 3. The van der Waals surface area contributed by atoms with Crippen LogP contribution >= 0.6 is 38.5 Å². The Kier molecular flexibility index (Phi) is 7.27. The van der Waals surface area contributed by atoms with Crippen LogP contribution in [-0.2, 0) is 11.4 Å². The lowest BCUT2D eigenvalue weighted by Crippen LogP contribution is -2.25. The minimum atomic E-state index is -2.32.